The zero-order chi connectivity index (χ0) is 12.2. The highest BCUT2D eigenvalue weighted by Gasteiger charge is 2.05. The molecule has 2 nitrogen and oxygen atoms in total. The fourth-order valence-electron chi connectivity index (χ4n) is 1.61. The maximum atomic E-state index is 9.45. The molecule has 0 fully saturated rings. The van der Waals surface area contributed by atoms with Crippen LogP contribution in [0.25, 0.3) is 0 Å². The first-order valence-electron chi connectivity index (χ1n) is 6.77. The summed E-state index contributed by atoms with van der Waals surface area (Å²) < 4.78 is 0. The summed E-state index contributed by atoms with van der Waals surface area (Å²) in [7, 11) is 0. The zero-order valence-electron chi connectivity index (χ0n) is 11.0. The van der Waals surface area contributed by atoms with Gasteiger partial charge in [0.25, 0.3) is 0 Å². The van der Waals surface area contributed by atoms with Crippen LogP contribution in [0.5, 0.6) is 0 Å². The molecule has 96 valence electrons. The molecule has 0 aromatic rings. The Kier molecular flexibility index (Phi) is 10.9. The van der Waals surface area contributed by atoms with E-state index in [2.05, 4.69) is 19.1 Å². The van der Waals surface area contributed by atoms with Crippen LogP contribution in [0.3, 0.4) is 0 Å². The molecule has 0 heterocycles. The van der Waals surface area contributed by atoms with Crippen molar-refractivity contribution in [3.05, 3.63) is 12.2 Å². The second-order valence-electron chi connectivity index (χ2n) is 4.69. The molecule has 0 aliphatic carbocycles. The van der Waals surface area contributed by atoms with Crippen molar-refractivity contribution in [2.24, 2.45) is 5.73 Å². The van der Waals surface area contributed by atoms with E-state index in [1.807, 2.05) is 6.92 Å². The molecule has 0 aliphatic heterocycles. The van der Waals surface area contributed by atoms with Gasteiger partial charge in [-0.05, 0) is 26.2 Å². The molecule has 16 heavy (non-hydrogen) atoms. The third-order valence-electron chi connectivity index (χ3n) is 2.88. The van der Waals surface area contributed by atoms with Gasteiger partial charge in [0.15, 0.2) is 0 Å². The Bertz CT molecular complexity index is 166. The monoisotopic (exact) mass is 227 g/mol. The van der Waals surface area contributed by atoms with Crippen LogP contribution in [-0.4, -0.2) is 17.3 Å². The van der Waals surface area contributed by atoms with Crippen LogP contribution in [0.2, 0.25) is 0 Å². The van der Waals surface area contributed by atoms with Crippen LogP contribution in [0.15, 0.2) is 12.2 Å². The highest BCUT2D eigenvalue weighted by molar-refractivity contribution is 4.86. The van der Waals surface area contributed by atoms with E-state index in [1.54, 1.807) is 0 Å². The minimum Gasteiger partial charge on any atom is -0.391 e. The fraction of sp³-hybridized carbons (Fsp3) is 0.857. The van der Waals surface area contributed by atoms with Crippen molar-refractivity contribution in [3.63, 3.8) is 0 Å². The van der Waals surface area contributed by atoms with Crippen molar-refractivity contribution in [1.82, 2.24) is 0 Å². The number of aliphatic hydroxyl groups is 1. The summed E-state index contributed by atoms with van der Waals surface area (Å²) in [4.78, 5) is 0. The van der Waals surface area contributed by atoms with Crippen molar-refractivity contribution in [2.45, 2.75) is 77.4 Å². The van der Waals surface area contributed by atoms with E-state index in [-0.39, 0.29) is 12.1 Å². The molecule has 0 aliphatic rings. The van der Waals surface area contributed by atoms with Crippen molar-refractivity contribution >= 4 is 0 Å². The van der Waals surface area contributed by atoms with Gasteiger partial charge in [0, 0.05) is 6.04 Å². The first kappa shape index (κ1) is 15.7. The second-order valence-corrected chi connectivity index (χ2v) is 4.69. The molecule has 0 spiro atoms. The van der Waals surface area contributed by atoms with Crippen LogP contribution >= 0.6 is 0 Å². The van der Waals surface area contributed by atoms with Crippen LogP contribution in [0, 0.1) is 0 Å². The minimum atomic E-state index is -0.388. The molecule has 0 saturated heterocycles. The highest BCUT2D eigenvalue weighted by atomic mass is 16.3. The summed E-state index contributed by atoms with van der Waals surface area (Å²) in [6, 6.07) is -0.126. The van der Waals surface area contributed by atoms with Crippen molar-refractivity contribution in [2.75, 3.05) is 0 Å². The number of hydrogen-bond donors (Lipinski definition) is 2. The zero-order valence-corrected chi connectivity index (χ0v) is 11.0. The van der Waals surface area contributed by atoms with Gasteiger partial charge >= 0.3 is 0 Å². The van der Waals surface area contributed by atoms with Gasteiger partial charge < -0.3 is 10.8 Å². The van der Waals surface area contributed by atoms with Gasteiger partial charge in [0.1, 0.15) is 0 Å². The summed E-state index contributed by atoms with van der Waals surface area (Å²) in [6.07, 6.45) is 13.7. The first-order valence-corrected chi connectivity index (χ1v) is 6.77. The molecular weight excluding hydrogens is 198 g/mol. The Morgan fingerprint density at radius 1 is 1.06 bits per heavy atom. The third-order valence-corrected chi connectivity index (χ3v) is 2.88. The van der Waals surface area contributed by atoms with E-state index in [9.17, 15) is 5.11 Å². The average molecular weight is 227 g/mol. The third kappa shape index (κ3) is 10.2. The number of nitrogens with two attached hydrogens (primary N) is 1. The number of aliphatic hydroxyl groups excluding tert-OH is 1. The molecule has 0 radical (unpaired) electrons. The smallest absolute Gasteiger partial charge is 0.0722 e. The van der Waals surface area contributed by atoms with Crippen molar-refractivity contribution in [3.8, 4) is 0 Å². The Morgan fingerprint density at radius 2 is 1.69 bits per heavy atom. The van der Waals surface area contributed by atoms with Crippen LogP contribution in [0.1, 0.15) is 65.2 Å². The van der Waals surface area contributed by atoms with E-state index in [0.29, 0.717) is 6.42 Å². The predicted molar refractivity (Wildman–Crippen MR) is 71.4 cm³/mol. The Balaban J connectivity index is 3.21. The first-order chi connectivity index (χ1) is 7.68. The lowest BCUT2D eigenvalue weighted by atomic mass is 10.1. The standard InChI is InChI=1S/C14H29NO/c1-3-4-5-6-7-8-9-10-11-12-14(16)13(2)15/h10-11,13-14,16H,3-9,12,15H2,1-2H3/b11-10+/t13-,14+/m0/s1. The van der Waals surface area contributed by atoms with Crippen LogP contribution in [0.4, 0.5) is 0 Å². The van der Waals surface area contributed by atoms with Gasteiger partial charge in [-0.2, -0.15) is 0 Å². The quantitative estimate of drug-likeness (QED) is 0.444. The highest BCUT2D eigenvalue weighted by Crippen LogP contribution is 2.07. The summed E-state index contributed by atoms with van der Waals surface area (Å²) >= 11 is 0. The molecule has 0 amide bonds. The Morgan fingerprint density at radius 3 is 2.31 bits per heavy atom. The minimum absolute atomic E-state index is 0.126. The van der Waals surface area contributed by atoms with Crippen molar-refractivity contribution in [1.29, 1.82) is 0 Å². The lowest BCUT2D eigenvalue weighted by Crippen LogP contribution is -2.30. The maximum Gasteiger partial charge on any atom is 0.0722 e. The van der Waals surface area contributed by atoms with Gasteiger partial charge in [0.2, 0.25) is 0 Å². The molecule has 0 bridgehead atoms. The number of hydrogen-bond acceptors (Lipinski definition) is 2. The van der Waals surface area contributed by atoms with Gasteiger partial charge in [0.05, 0.1) is 6.10 Å². The van der Waals surface area contributed by atoms with Gasteiger partial charge in [-0.25, -0.2) is 0 Å². The lowest BCUT2D eigenvalue weighted by molar-refractivity contribution is 0.154. The van der Waals surface area contributed by atoms with Gasteiger partial charge in [-0.1, -0.05) is 51.2 Å². The largest absolute Gasteiger partial charge is 0.391 e. The fourth-order valence-corrected chi connectivity index (χ4v) is 1.61. The molecule has 0 unspecified atom stereocenters. The molecule has 3 N–H and O–H groups in total. The Hall–Kier alpha value is -0.340. The topological polar surface area (TPSA) is 46.2 Å². The van der Waals surface area contributed by atoms with Gasteiger partial charge in [-0.15, -0.1) is 0 Å². The molecule has 0 rings (SSSR count). The van der Waals surface area contributed by atoms with Gasteiger partial charge in [-0.3, -0.25) is 0 Å². The molecular formula is C14H29NO. The number of allylic oxidation sites excluding steroid dienone is 1. The molecule has 0 aromatic heterocycles. The predicted octanol–water partition coefficient (Wildman–Crippen LogP) is 3.39. The molecule has 0 saturated carbocycles. The lowest BCUT2D eigenvalue weighted by Gasteiger charge is -2.11. The average Bonchev–Trinajstić information content (AvgIpc) is 2.26. The molecule has 2 atom stereocenters. The van der Waals surface area contributed by atoms with E-state index in [4.69, 9.17) is 5.73 Å². The van der Waals surface area contributed by atoms with Crippen molar-refractivity contribution < 1.29 is 5.11 Å². The number of unbranched alkanes of at least 4 members (excludes halogenated alkanes) is 6. The second kappa shape index (κ2) is 11.2. The van der Waals surface area contributed by atoms with Crippen LogP contribution < -0.4 is 5.73 Å². The molecule has 2 heteroatoms. The maximum absolute atomic E-state index is 9.45. The summed E-state index contributed by atoms with van der Waals surface area (Å²) in [5, 5.41) is 9.45. The number of rotatable bonds is 10. The van der Waals surface area contributed by atoms with E-state index in [1.165, 1.54) is 38.5 Å². The molecule has 0 aromatic carbocycles. The van der Waals surface area contributed by atoms with E-state index >= 15 is 0 Å². The Labute approximate surface area is 101 Å². The normalized spacial score (nSPS) is 15.5. The summed E-state index contributed by atoms with van der Waals surface area (Å²) in [6.45, 7) is 4.08. The van der Waals surface area contributed by atoms with E-state index in [0.717, 1.165) is 6.42 Å². The summed E-state index contributed by atoms with van der Waals surface area (Å²) in [5.41, 5.74) is 5.56. The SMILES string of the molecule is CCCCCCCC/C=C/C[C@@H](O)[C@H](C)N. The van der Waals surface area contributed by atoms with E-state index < -0.39 is 0 Å². The summed E-state index contributed by atoms with van der Waals surface area (Å²) in [5.74, 6) is 0. The van der Waals surface area contributed by atoms with Crippen LogP contribution in [-0.2, 0) is 0 Å².